The molecule has 0 saturated heterocycles. The number of fused-ring (bicyclic) bond motifs is 1. The number of sulfone groups is 1. The number of hydrogen-bond acceptors (Lipinski definition) is 7. The topological polar surface area (TPSA) is 124 Å². The maximum Gasteiger partial charge on any atom is 0.309 e. The molecule has 33 heavy (non-hydrogen) atoms. The van der Waals surface area contributed by atoms with Gasteiger partial charge in [-0.25, -0.2) is 8.42 Å². The molecule has 0 bridgehead atoms. The Labute approximate surface area is 190 Å². The van der Waals surface area contributed by atoms with Gasteiger partial charge in [-0.05, 0) is 48.9 Å². The zero-order valence-corrected chi connectivity index (χ0v) is 18.6. The number of benzene rings is 2. The van der Waals surface area contributed by atoms with Gasteiger partial charge in [0.15, 0.2) is 21.3 Å². The molecule has 9 nitrogen and oxygen atoms in total. The Morgan fingerprint density at radius 1 is 0.970 bits per heavy atom. The quantitative estimate of drug-likeness (QED) is 0.508. The summed E-state index contributed by atoms with van der Waals surface area (Å²) in [5.74, 6) is -0.503. The lowest BCUT2D eigenvalue weighted by Crippen LogP contribution is -2.42. The average molecular weight is 471 g/mol. The van der Waals surface area contributed by atoms with E-state index in [1.807, 2.05) is 6.92 Å². The van der Waals surface area contributed by atoms with Gasteiger partial charge in [0, 0.05) is 13.1 Å². The molecule has 1 aromatic heterocycles. The molecule has 0 fully saturated rings. The van der Waals surface area contributed by atoms with Gasteiger partial charge < -0.3 is 24.5 Å². The largest absolute Gasteiger partial charge is 0.468 e. The molecular weight excluding hydrogens is 448 g/mol. The third-order valence-electron chi connectivity index (χ3n) is 5.13. The fourth-order valence-corrected chi connectivity index (χ4v) is 4.90. The fraction of sp³-hybridized carbons (Fsp3) is 0.217. The summed E-state index contributed by atoms with van der Waals surface area (Å²) in [6.45, 7) is 1.74. The Morgan fingerprint density at radius 2 is 1.70 bits per heavy atom. The van der Waals surface area contributed by atoms with Crippen LogP contribution in [0.25, 0.3) is 0 Å². The van der Waals surface area contributed by atoms with Crippen molar-refractivity contribution >= 4 is 21.7 Å². The molecule has 172 valence electrons. The van der Waals surface area contributed by atoms with Gasteiger partial charge in [-0.2, -0.15) is 0 Å². The highest BCUT2D eigenvalue weighted by atomic mass is 32.2. The van der Waals surface area contributed by atoms with Crippen LogP contribution in [0.5, 0.6) is 11.5 Å². The van der Waals surface area contributed by atoms with Gasteiger partial charge in [0.2, 0.25) is 6.79 Å². The number of ether oxygens (including phenoxy) is 2. The number of carbonyl (C=O) groups excluding carboxylic acids is 2. The van der Waals surface area contributed by atoms with E-state index in [1.165, 1.54) is 24.5 Å². The first kappa shape index (κ1) is 22.4. The number of aryl methyl sites for hydroxylation is 1. The van der Waals surface area contributed by atoms with E-state index < -0.39 is 26.9 Å². The number of carbonyl (C=O) groups is 2. The smallest absolute Gasteiger partial charge is 0.309 e. The normalized spacial score (nSPS) is 13.4. The first-order chi connectivity index (χ1) is 15.8. The average Bonchev–Trinajstić information content (AvgIpc) is 3.49. The first-order valence-corrected chi connectivity index (χ1v) is 11.7. The molecule has 10 heteroatoms. The SMILES string of the molecule is Cc1ccc(S(=O)(=O)[C@H](CNC(=O)C(=O)NCc2ccc3c(c2)OCO3)c2ccco2)cc1. The molecular formula is C23H22N2O7S. The lowest BCUT2D eigenvalue weighted by atomic mass is 10.2. The van der Waals surface area contributed by atoms with Gasteiger partial charge in [0.1, 0.15) is 11.0 Å². The minimum atomic E-state index is -3.89. The maximum atomic E-state index is 13.2. The van der Waals surface area contributed by atoms with Crippen LogP contribution in [-0.2, 0) is 26.0 Å². The number of amides is 2. The van der Waals surface area contributed by atoms with Crippen LogP contribution in [0.2, 0.25) is 0 Å². The second-order valence-electron chi connectivity index (χ2n) is 7.44. The monoisotopic (exact) mass is 470 g/mol. The Hall–Kier alpha value is -3.79. The highest BCUT2D eigenvalue weighted by molar-refractivity contribution is 7.91. The van der Waals surface area contributed by atoms with Crippen LogP contribution in [0, 0.1) is 6.92 Å². The van der Waals surface area contributed by atoms with Crippen molar-refractivity contribution < 1.29 is 31.9 Å². The van der Waals surface area contributed by atoms with Gasteiger partial charge >= 0.3 is 11.8 Å². The molecule has 3 aromatic rings. The molecule has 2 aromatic carbocycles. The van der Waals surface area contributed by atoms with Crippen molar-refractivity contribution in [2.45, 2.75) is 23.6 Å². The van der Waals surface area contributed by atoms with Gasteiger partial charge in [-0.1, -0.05) is 23.8 Å². The summed E-state index contributed by atoms with van der Waals surface area (Å²) >= 11 is 0. The zero-order chi connectivity index (χ0) is 23.4. The van der Waals surface area contributed by atoms with Gasteiger partial charge in [-0.15, -0.1) is 0 Å². The van der Waals surface area contributed by atoms with E-state index in [4.69, 9.17) is 13.9 Å². The van der Waals surface area contributed by atoms with Crippen molar-refractivity contribution in [3.05, 3.63) is 77.7 Å². The summed E-state index contributed by atoms with van der Waals surface area (Å²) in [6.07, 6.45) is 1.35. The van der Waals surface area contributed by atoms with Gasteiger partial charge in [-0.3, -0.25) is 9.59 Å². The molecule has 1 atom stereocenters. The van der Waals surface area contributed by atoms with Crippen LogP contribution in [0.3, 0.4) is 0 Å². The van der Waals surface area contributed by atoms with Crippen molar-refractivity contribution in [2.24, 2.45) is 0 Å². The van der Waals surface area contributed by atoms with E-state index in [2.05, 4.69) is 10.6 Å². The third-order valence-corrected chi connectivity index (χ3v) is 7.21. The van der Waals surface area contributed by atoms with Crippen LogP contribution in [0.15, 0.2) is 70.2 Å². The fourth-order valence-electron chi connectivity index (χ4n) is 3.31. The van der Waals surface area contributed by atoms with Crippen molar-refractivity contribution in [1.29, 1.82) is 0 Å². The highest BCUT2D eigenvalue weighted by Crippen LogP contribution is 2.32. The van der Waals surface area contributed by atoms with Gasteiger partial charge in [0.25, 0.3) is 0 Å². The van der Waals surface area contributed by atoms with Crippen molar-refractivity contribution in [3.63, 3.8) is 0 Å². The second-order valence-corrected chi connectivity index (χ2v) is 9.57. The molecule has 0 radical (unpaired) electrons. The standard InChI is InChI=1S/C23H22N2O7S/c1-15-4-7-17(8-5-15)33(28,29)21(19-3-2-10-30-19)13-25-23(27)22(26)24-12-16-6-9-18-20(11-16)32-14-31-18/h2-11,21H,12-14H2,1H3,(H,24,26)(H,25,27)/t21-/m1/s1. The van der Waals surface area contributed by atoms with Crippen molar-refractivity contribution in [1.82, 2.24) is 10.6 Å². The van der Waals surface area contributed by atoms with Crippen LogP contribution < -0.4 is 20.1 Å². The molecule has 2 heterocycles. The summed E-state index contributed by atoms with van der Waals surface area (Å²) in [7, 11) is -3.89. The Balaban J connectivity index is 1.40. The second kappa shape index (κ2) is 9.37. The summed E-state index contributed by atoms with van der Waals surface area (Å²) in [5, 5.41) is 3.71. The number of nitrogens with one attached hydrogen (secondary N) is 2. The molecule has 1 aliphatic heterocycles. The van der Waals surface area contributed by atoms with E-state index in [0.717, 1.165) is 11.1 Å². The summed E-state index contributed by atoms with van der Waals surface area (Å²) in [5.41, 5.74) is 1.63. The minimum absolute atomic E-state index is 0.0895. The van der Waals surface area contributed by atoms with E-state index >= 15 is 0 Å². The summed E-state index contributed by atoms with van der Waals surface area (Å²) in [4.78, 5) is 24.7. The van der Waals surface area contributed by atoms with Crippen molar-refractivity contribution in [3.8, 4) is 11.5 Å². The highest BCUT2D eigenvalue weighted by Gasteiger charge is 2.32. The van der Waals surface area contributed by atoms with E-state index in [0.29, 0.717) is 11.5 Å². The number of rotatable bonds is 7. The third kappa shape index (κ3) is 5.01. The predicted molar refractivity (Wildman–Crippen MR) is 117 cm³/mol. The number of furan rings is 1. The van der Waals surface area contributed by atoms with Crippen molar-refractivity contribution in [2.75, 3.05) is 13.3 Å². The van der Waals surface area contributed by atoms with Crippen LogP contribution in [0.1, 0.15) is 22.1 Å². The molecule has 0 spiro atoms. The first-order valence-electron chi connectivity index (χ1n) is 10.1. The van der Waals surface area contributed by atoms with E-state index in [-0.39, 0.29) is 30.5 Å². The Bertz CT molecular complexity index is 1250. The molecule has 0 saturated carbocycles. The lowest BCUT2D eigenvalue weighted by Gasteiger charge is -2.17. The number of hydrogen-bond donors (Lipinski definition) is 2. The molecule has 0 unspecified atom stereocenters. The molecule has 1 aliphatic rings. The Morgan fingerprint density at radius 3 is 2.42 bits per heavy atom. The minimum Gasteiger partial charge on any atom is -0.468 e. The summed E-state index contributed by atoms with van der Waals surface area (Å²) in [6, 6.07) is 14.6. The Kier molecular flexibility index (Phi) is 6.36. The van der Waals surface area contributed by atoms with Gasteiger partial charge in [0.05, 0.1) is 11.2 Å². The predicted octanol–water partition coefficient (Wildman–Crippen LogP) is 2.26. The summed E-state index contributed by atoms with van der Waals surface area (Å²) < 4.78 is 42.2. The zero-order valence-electron chi connectivity index (χ0n) is 17.7. The molecule has 4 rings (SSSR count). The maximum absolute atomic E-state index is 13.2. The van der Waals surface area contributed by atoms with Crippen LogP contribution >= 0.6 is 0 Å². The molecule has 2 amide bonds. The van der Waals surface area contributed by atoms with Crippen LogP contribution in [0.4, 0.5) is 0 Å². The lowest BCUT2D eigenvalue weighted by molar-refractivity contribution is -0.139. The van der Waals surface area contributed by atoms with Crippen LogP contribution in [-0.4, -0.2) is 33.6 Å². The van der Waals surface area contributed by atoms with E-state index in [1.54, 1.807) is 36.4 Å². The molecule has 2 N–H and O–H groups in total. The molecule has 0 aliphatic carbocycles. The van der Waals surface area contributed by atoms with E-state index in [9.17, 15) is 18.0 Å².